The van der Waals surface area contributed by atoms with E-state index in [1.165, 1.54) is 24.3 Å². The van der Waals surface area contributed by atoms with E-state index in [1.807, 2.05) is 32.0 Å². The van der Waals surface area contributed by atoms with Gasteiger partial charge in [-0.25, -0.2) is 0 Å². The van der Waals surface area contributed by atoms with Crippen molar-refractivity contribution in [1.82, 2.24) is 10.2 Å². The number of nitro benzene ring substituents is 1. The number of nitro groups is 1. The third-order valence-corrected chi connectivity index (χ3v) is 3.81. The molecule has 0 bridgehead atoms. The average molecular weight is 364 g/mol. The molecule has 0 saturated carbocycles. The van der Waals surface area contributed by atoms with Crippen molar-refractivity contribution in [2.75, 3.05) is 5.32 Å². The van der Waals surface area contributed by atoms with Crippen molar-refractivity contribution >= 4 is 23.7 Å². The van der Waals surface area contributed by atoms with Crippen molar-refractivity contribution in [3.63, 3.8) is 0 Å². The molecule has 0 unspecified atom stereocenters. The fraction of sp³-hybridized carbons (Fsp3) is 0.105. The molecular weight excluding hydrogens is 348 g/mol. The summed E-state index contributed by atoms with van der Waals surface area (Å²) in [5.41, 5.74) is 3.49. The molecule has 136 valence electrons. The lowest BCUT2D eigenvalue weighted by Gasteiger charge is -2.01. The van der Waals surface area contributed by atoms with E-state index >= 15 is 0 Å². The molecular formula is C19H16N4O4. The molecule has 0 saturated heterocycles. The number of anilines is 1. The summed E-state index contributed by atoms with van der Waals surface area (Å²) in [6, 6.07) is 11.7. The number of carbonyl (C=O) groups is 1. The molecule has 3 rings (SSSR count). The van der Waals surface area contributed by atoms with Crippen LogP contribution in [0.25, 0.3) is 17.5 Å². The molecule has 0 atom stereocenters. The molecule has 27 heavy (non-hydrogen) atoms. The number of aromatic nitrogens is 2. The number of amides is 1. The third-order valence-electron chi connectivity index (χ3n) is 3.81. The predicted octanol–water partition coefficient (Wildman–Crippen LogP) is 3.91. The minimum absolute atomic E-state index is 0.00995. The maximum absolute atomic E-state index is 12.0. The number of aryl methyl sites for hydroxylation is 2. The highest BCUT2D eigenvalue weighted by molar-refractivity contribution is 6.00. The topological polar surface area (TPSA) is 111 Å². The van der Waals surface area contributed by atoms with Crippen molar-refractivity contribution in [2.24, 2.45) is 0 Å². The standard InChI is InChI=1S/C19H16N4O4/c1-12-3-4-13(2)16(11-12)18-21-22-19(27-18)20-17(24)10-7-14-5-8-15(9-6-14)23(25)26/h3-11H,1-2H3,(H,20,22,24). The molecule has 1 N–H and O–H groups in total. The molecule has 1 heterocycles. The van der Waals surface area contributed by atoms with Crippen molar-refractivity contribution in [1.29, 1.82) is 0 Å². The van der Waals surface area contributed by atoms with Gasteiger partial charge in [0.1, 0.15) is 0 Å². The first-order valence-corrected chi connectivity index (χ1v) is 8.07. The summed E-state index contributed by atoms with van der Waals surface area (Å²) in [6.07, 6.45) is 2.81. The van der Waals surface area contributed by atoms with Crippen molar-refractivity contribution < 1.29 is 14.1 Å². The van der Waals surface area contributed by atoms with Crippen LogP contribution in [0.2, 0.25) is 0 Å². The van der Waals surface area contributed by atoms with Crippen LogP contribution in [0.15, 0.2) is 53.0 Å². The molecule has 0 fully saturated rings. The lowest BCUT2D eigenvalue weighted by molar-refractivity contribution is -0.384. The minimum Gasteiger partial charge on any atom is -0.403 e. The zero-order chi connectivity index (χ0) is 19.4. The summed E-state index contributed by atoms with van der Waals surface area (Å²) in [7, 11) is 0. The van der Waals surface area contributed by atoms with Gasteiger partial charge in [-0.1, -0.05) is 22.8 Å². The number of non-ortho nitro benzene ring substituents is 1. The molecule has 3 aromatic rings. The fourth-order valence-electron chi connectivity index (χ4n) is 2.37. The number of nitrogens with zero attached hydrogens (tertiary/aromatic N) is 3. The van der Waals surface area contributed by atoms with Crippen LogP contribution >= 0.6 is 0 Å². The number of carbonyl (C=O) groups excluding carboxylic acids is 1. The Bertz CT molecular complexity index is 1020. The first kappa shape index (κ1) is 18.0. The highest BCUT2D eigenvalue weighted by atomic mass is 16.6. The van der Waals surface area contributed by atoms with E-state index in [9.17, 15) is 14.9 Å². The molecule has 1 aromatic heterocycles. The first-order valence-electron chi connectivity index (χ1n) is 8.07. The molecule has 1 amide bonds. The fourth-order valence-corrected chi connectivity index (χ4v) is 2.37. The molecule has 0 radical (unpaired) electrons. The zero-order valence-corrected chi connectivity index (χ0v) is 14.7. The van der Waals surface area contributed by atoms with Crippen molar-refractivity contribution in [3.8, 4) is 11.5 Å². The van der Waals surface area contributed by atoms with Gasteiger partial charge in [-0.3, -0.25) is 20.2 Å². The SMILES string of the molecule is Cc1ccc(C)c(-c2nnc(NC(=O)C=Cc3ccc([N+](=O)[O-])cc3)o2)c1. The largest absolute Gasteiger partial charge is 0.403 e. The van der Waals surface area contributed by atoms with Crippen molar-refractivity contribution in [3.05, 3.63) is 75.3 Å². The van der Waals surface area contributed by atoms with Gasteiger partial charge in [0, 0.05) is 23.8 Å². The number of benzene rings is 2. The van der Waals surface area contributed by atoms with Gasteiger partial charge in [-0.15, -0.1) is 5.10 Å². The number of nitrogens with one attached hydrogen (secondary N) is 1. The maximum Gasteiger partial charge on any atom is 0.322 e. The molecule has 0 aliphatic rings. The Hall–Kier alpha value is -3.81. The normalized spacial score (nSPS) is 10.9. The van der Waals surface area contributed by atoms with Crippen LogP contribution in [-0.2, 0) is 4.79 Å². The molecule has 2 aromatic carbocycles. The summed E-state index contributed by atoms with van der Waals surface area (Å²) in [6.45, 7) is 3.90. The monoisotopic (exact) mass is 364 g/mol. The number of hydrogen-bond acceptors (Lipinski definition) is 6. The molecule has 0 aliphatic carbocycles. The van der Waals surface area contributed by atoms with Crippen LogP contribution in [0.3, 0.4) is 0 Å². The molecule has 8 heteroatoms. The number of rotatable bonds is 5. The molecule has 0 aliphatic heterocycles. The lowest BCUT2D eigenvalue weighted by Crippen LogP contribution is -2.07. The van der Waals surface area contributed by atoms with Crippen LogP contribution in [0, 0.1) is 24.0 Å². The Balaban J connectivity index is 1.67. The van der Waals surface area contributed by atoms with Gasteiger partial charge in [-0.05, 0) is 49.2 Å². The maximum atomic E-state index is 12.0. The van der Waals surface area contributed by atoms with E-state index in [1.54, 1.807) is 12.1 Å². The van der Waals surface area contributed by atoms with Gasteiger partial charge in [0.2, 0.25) is 5.89 Å². The van der Waals surface area contributed by atoms with E-state index in [0.29, 0.717) is 11.5 Å². The average Bonchev–Trinajstić information content (AvgIpc) is 3.10. The summed E-state index contributed by atoms with van der Waals surface area (Å²) in [4.78, 5) is 22.1. The van der Waals surface area contributed by atoms with Gasteiger partial charge >= 0.3 is 6.01 Å². The van der Waals surface area contributed by atoms with Crippen LogP contribution in [-0.4, -0.2) is 21.0 Å². The predicted molar refractivity (Wildman–Crippen MR) is 100.0 cm³/mol. The Morgan fingerprint density at radius 1 is 1.15 bits per heavy atom. The van der Waals surface area contributed by atoms with Gasteiger partial charge in [0.25, 0.3) is 11.6 Å². The highest BCUT2D eigenvalue weighted by Crippen LogP contribution is 2.24. The third kappa shape index (κ3) is 4.43. The second kappa shape index (κ2) is 7.61. The van der Waals surface area contributed by atoms with Crippen LogP contribution in [0.1, 0.15) is 16.7 Å². The van der Waals surface area contributed by atoms with E-state index in [0.717, 1.165) is 16.7 Å². The van der Waals surface area contributed by atoms with Gasteiger partial charge in [-0.2, -0.15) is 0 Å². The van der Waals surface area contributed by atoms with Crippen LogP contribution < -0.4 is 5.32 Å². The molecule has 8 nitrogen and oxygen atoms in total. The Morgan fingerprint density at radius 3 is 2.59 bits per heavy atom. The number of hydrogen-bond donors (Lipinski definition) is 1. The Morgan fingerprint density at radius 2 is 1.89 bits per heavy atom. The highest BCUT2D eigenvalue weighted by Gasteiger charge is 2.12. The van der Waals surface area contributed by atoms with Gasteiger partial charge in [0.05, 0.1) is 4.92 Å². The Kier molecular flexibility index (Phi) is 5.07. The van der Waals surface area contributed by atoms with Gasteiger partial charge in [0.15, 0.2) is 0 Å². The molecule has 0 spiro atoms. The first-order chi connectivity index (χ1) is 12.9. The van der Waals surface area contributed by atoms with E-state index < -0.39 is 10.8 Å². The second-order valence-corrected chi connectivity index (χ2v) is 5.90. The van der Waals surface area contributed by atoms with E-state index in [2.05, 4.69) is 15.5 Å². The lowest BCUT2D eigenvalue weighted by atomic mass is 10.1. The van der Waals surface area contributed by atoms with Gasteiger partial charge < -0.3 is 4.42 Å². The van der Waals surface area contributed by atoms with Crippen molar-refractivity contribution in [2.45, 2.75) is 13.8 Å². The summed E-state index contributed by atoms with van der Waals surface area (Å²) in [5, 5.41) is 20.9. The smallest absolute Gasteiger partial charge is 0.322 e. The van der Waals surface area contributed by atoms with Crippen LogP contribution in [0.5, 0.6) is 0 Å². The second-order valence-electron chi connectivity index (χ2n) is 5.90. The Labute approximate surface area is 154 Å². The quantitative estimate of drug-likeness (QED) is 0.417. The van der Waals surface area contributed by atoms with E-state index in [4.69, 9.17) is 4.42 Å². The van der Waals surface area contributed by atoms with Crippen LogP contribution in [0.4, 0.5) is 11.7 Å². The zero-order valence-electron chi connectivity index (χ0n) is 14.7. The van der Waals surface area contributed by atoms with E-state index in [-0.39, 0.29) is 11.7 Å². The minimum atomic E-state index is -0.483. The summed E-state index contributed by atoms with van der Waals surface area (Å²) < 4.78 is 5.51. The summed E-state index contributed by atoms with van der Waals surface area (Å²) >= 11 is 0. The summed E-state index contributed by atoms with van der Waals surface area (Å²) in [5.74, 6) is -0.129.